The van der Waals surface area contributed by atoms with Crippen molar-refractivity contribution >= 4 is 52.6 Å². The third-order valence-corrected chi connectivity index (χ3v) is 4.69. The first kappa shape index (κ1) is 23.7. The van der Waals surface area contributed by atoms with Gasteiger partial charge in [0.1, 0.15) is 0 Å². The summed E-state index contributed by atoms with van der Waals surface area (Å²) >= 11 is 12.4. The first-order chi connectivity index (χ1) is 15.8. The molecule has 3 aromatic carbocycles. The number of ether oxygens (including phenoxy) is 1. The molecule has 0 saturated heterocycles. The van der Waals surface area contributed by atoms with E-state index in [4.69, 9.17) is 27.9 Å². The average molecular weight is 487 g/mol. The van der Waals surface area contributed by atoms with Crippen molar-refractivity contribution in [3.05, 3.63) is 98.0 Å². The van der Waals surface area contributed by atoms with E-state index in [1.54, 1.807) is 24.3 Å². The average Bonchev–Trinajstić information content (AvgIpc) is 2.79. The maximum Gasteiger partial charge on any atom is 0.271 e. The topological polar surface area (TPSA) is 123 Å². The minimum atomic E-state index is -0.628. The Hall–Kier alpha value is -3.95. The number of nitro groups is 1. The van der Waals surface area contributed by atoms with Gasteiger partial charge in [0.05, 0.1) is 21.2 Å². The van der Waals surface area contributed by atoms with Crippen molar-refractivity contribution in [1.82, 2.24) is 5.43 Å². The number of amides is 2. The SMILES string of the molecule is O=C(COc1c(Cl)cc(/C=N/NC(=O)c2cccc([N+](=O)[O-])c2)cc1Cl)Nc1ccccc1. The molecule has 11 heteroatoms. The van der Waals surface area contributed by atoms with Gasteiger partial charge in [0.15, 0.2) is 12.4 Å². The van der Waals surface area contributed by atoms with Crippen molar-refractivity contribution in [1.29, 1.82) is 0 Å². The van der Waals surface area contributed by atoms with E-state index >= 15 is 0 Å². The summed E-state index contributed by atoms with van der Waals surface area (Å²) in [4.78, 5) is 34.4. The molecule has 0 aliphatic rings. The molecular formula is C22H16Cl2N4O5. The van der Waals surface area contributed by atoms with Crippen LogP contribution in [-0.2, 0) is 4.79 Å². The van der Waals surface area contributed by atoms with E-state index in [1.165, 1.54) is 36.5 Å². The number of carbonyl (C=O) groups is 2. The lowest BCUT2D eigenvalue weighted by Gasteiger charge is -2.11. The van der Waals surface area contributed by atoms with Crippen molar-refractivity contribution in [2.24, 2.45) is 5.10 Å². The number of anilines is 1. The normalized spacial score (nSPS) is 10.6. The van der Waals surface area contributed by atoms with E-state index in [9.17, 15) is 19.7 Å². The van der Waals surface area contributed by atoms with E-state index in [-0.39, 0.29) is 39.6 Å². The summed E-state index contributed by atoms with van der Waals surface area (Å²) in [6, 6.07) is 17.1. The Kier molecular flexibility index (Phi) is 7.96. The summed E-state index contributed by atoms with van der Waals surface area (Å²) in [6.45, 7) is -0.305. The Morgan fingerprint density at radius 3 is 2.39 bits per heavy atom. The molecule has 0 aliphatic carbocycles. The molecule has 0 fully saturated rings. The van der Waals surface area contributed by atoms with Crippen LogP contribution in [0.4, 0.5) is 11.4 Å². The van der Waals surface area contributed by atoms with Crippen molar-refractivity contribution < 1.29 is 19.2 Å². The molecule has 9 nitrogen and oxygen atoms in total. The summed E-state index contributed by atoms with van der Waals surface area (Å²) in [5.41, 5.74) is 3.21. The van der Waals surface area contributed by atoms with Gasteiger partial charge in [-0.05, 0) is 35.9 Å². The highest BCUT2D eigenvalue weighted by atomic mass is 35.5. The monoisotopic (exact) mass is 486 g/mol. The van der Waals surface area contributed by atoms with Gasteiger partial charge in [0.2, 0.25) is 0 Å². The first-order valence-corrected chi connectivity index (χ1v) is 10.1. The van der Waals surface area contributed by atoms with Crippen LogP contribution in [-0.4, -0.2) is 29.6 Å². The third kappa shape index (κ3) is 6.76. The fourth-order valence-corrected chi connectivity index (χ4v) is 3.25. The fraction of sp³-hybridized carbons (Fsp3) is 0.0455. The standard InChI is InChI=1S/C22H16Cl2N4O5/c23-18-9-14(12-25-27-22(30)15-5-4-8-17(11-15)28(31)32)10-19(24)21(18)33-13-20(29)26-16-6-2-1-3-7-16/h1-12H,13H2,(H,26,29)(H,27,30)/b25-12+. The lowest BCUT2D eigenvalue weighted by molar-refractivity contribution is -0.384. The number of nitrogens with zero attached hydrogens (tertiary/aromatic N) is 2. The van der Waals surface area contributed by atoms with Crippen LogP contribution in [0.2, 0.25) is 10.0 Å². The molecule has 3 rings (SSSR count). The van der Waals surface area contributed by atoms with Crippen LogP contribution in [0.1, 0.15) is 15.9 Å². The molecule has 3 aromatic rings. The van der Waals surface area contributed by atoms with Crippen molar-refractivity contribution in [3.8, 4) is 5.75 Å². The summed E-state index contributed by atoms with van der Waals surface area (Å²) in [5.74, 6) is -0.890. The summed E-state index contributed by atoms with van der Waals surface area (Å²) in [7, 11) is 0. The van der Waals surface area contributed by atoms with Gasteiger partial charge >= 0.3 is 0 Å². The van der Waals surface area contributed by atoms with E-state index in [0.717, 1.165) is 6.07 Å². The number of non-ortho nitro benzene ring substituents is 1. The van der Waals surface area contributed by atoms with Gasteiger partial charge in [-0.15, -0.1) is 0 Å². The van der Waals surface area contributed by atoms with Gasteiger partial charge in [-0.1, -0.05) is 47.5 Å². The highest BCUT2D eigenvalue weighted by Crippen LogP contribution is 2.33. The third-order valence-electron chi connectivity index (χ3n) is 4.12. The Morgan fingerprint density at radius 2 is 1.73 bits per heavy atom. The molecule has 0 saturated carbocycles. The molecule has 0 heterocycles. The van der Waals surface area contributed by atoms with Crippen LogP contribution in [0.15, 0.2) is 71.8 Å². The van der Waals surface area contributed by atoms with Gasteiger partial charge in [-0.3, -0.25) is 19.7 Å². The van der Waals surface area contributed by atoms with Crippen LogP contribution in [0, 0.1) is 10.1 Å². The zero-order valence-corrected chi connectivity index (χ0v) is 18.3. The van der Waals surface area contributed by atoms with Crippen LogP contribution >= 0.6 is 23.2 Å². The fourth-order valence-electron chi connectivity index (χ4n) is 2.64. The molecule has 168 valence electrons. The predicted octanol–water partition coefficient (Wildman–Crippen LogP) is 4.68. The van der Waals surface area contributed by atoms with Gasteiger partial charge in [-0.25, -0.2) is 5.43 Å². The maximum absolute atomic E-state index is 12.1. The number of hydrogen-bond acceptors (Lipinski definition) is 6. The number of hydrazone groups is 1. The van der Waals surface area contributed by atoms with Crippen LogP contribution in [0.25, 0.3) is 0 Å². The summed E-state index contributed by atoms with van der Waals surface area (Å²) < 4.78 is 5.44. The lowest BCUT2D eigenvalue weighted by Crippen LogP contribution is -2.20. The molecule has 0 atom stereocenters. The number of para-hydroxylation sites is 1. The summed E-state index contributed by atoms with van der Waals surface area (Å²) in [6.07, 6.45) is 1.29. The maximum atomic E-state index is 12.1. The number of halogens is 2. The summed E-state index contributed by atoms with van der Waals surface area (Å²) in [5, 5.41) is 17.6. The molecular weight excluding hydrogens is 471 g/mol. The Labute approximate surface area is 198 Å². The number of carbonyl (C=O) groups excluding carboxylic acids is 2. The molecule has 0 spiro atoms. The van der Waals surface area contributed by atoms with E-state index < -0.39 is 10.8 Å². The lowest BCUT2D eigenvalue weighted by atomic mass is 10.2. The highest BCUT2D eigenvalue weighted by Gasteiger charge is 2.13. The van der Waals surface area contributed by atoms with E-state index in [1.807, 2.05) is 6.07 Å². The molecule has 0 aliphatic heterocycles. The highest BCUT2D eigenvalue weighted by molar-refractivity contribution is 6.37. The van der Waals surface area contributed by atoms with Gasteiger partial charge in [0.25, 0.3) is 17.5 Å². The Balaban J connectivity index is 1.59. The number of benzene rings is 3. The zero-order valence-electron chi connectivity index (χ0n) is 16.8. The molecule has 2 amide bonds. The minimum absolute atomic E-state index is 0.0787. The number of hydrogen-bond donors (Lipinski definition) is 2. The van der Waals surface area contributed by atoms with E-state index in [2.05, 4.69) is 15.8 Å². The molecule has 0 bridgehead atoms. The predicted molar refractivity (Wildman–Crippen MR) is 125 cm³/mol. The first-order valence-electron chi connectivity index (χ1n) is 9.38. The van der Waals surface area contributed by atoms with Crippen LogP contribution < -0.4 is 15.5 Å². The van der Waals surface area contributed by atoms with Gasteiger partial charge in [0, 0.05) is 23.4 Å². The van der Waals surface area contributed by atoms with Crippen molar-refractivity contribution in [3.63, 3.8) is 0 Å². The molecule has 0 radical (unpaired) electrons. The molecule has 0 unspecified atom stereocenters. The molecule has 2 N–H and O–H groups in total. The Bertz CT molecular complexity index is 1200. The number of nitrogens with one attached hydrogen (secondary N) is 2. The second-order valence-corrected chi connectivity index (χ2v) is 7.34. The molecule has 0 aromatic heterocycles. The van der Waals surface area contributed by atoms with Crippen LogP contribution in [0.5, 0.6) is 5.75 Å². The van der Waals surface area contributed by atoms with E-state index in [0.29, 0.717) is 11.3 Å². The number of rotatable bonds is 8. The Morgan fingerprint density at radius 1 is 1.03 bits per heavy atom. The largest absolute Gasteiger partial charge is 0.481 e. The van der Waals surface area contributed by atoms with Crippen molar-refractivity contribution in [2.75, 3.05) is 11.9 Å². The quantitative estimate of drug-likeness (QED) is 0.271. The zero-order chi connectivity index (χ0) is 23.8. The number of nitro benzene ring substituents is 1. The van der Waals surface area contributed by atoms with Crippen molar-refractivity contribution in [2.45, 2.75) is 0 Å². The second-order valence-electron chi connectivity index (χ2n) is 6.52. The molecule has 33 heavy (non-hydrogen) atoms. The minimum Gasteiger partial charge on any atom is -0.481 e. The second kappa shape index (κ2) is 11.1. The van der Waals surface area contributed by atoms with Crippen LogP contribution in [0.3, 0.4) is 0 Å². The smallest absolute Gasteiger partial charge is 0.271 e. The van der Waals surface area contributed by atoms with Gasteiger partial charge < -0.3 is 10.1 Å². The van der Waals surface area contributed by atoms with Gasteiger partial charge in [-0.2, -0.15) is 5.10 Å².